The normalized spacial score (nSPS) is 19.8. The molecule has 6 rings (SSSR count). The number of carbonyl (C=O) groups is 3. The molecule has 11 heteroatoms. The fraction of sp³-hybridized carbons (Fsp3) is 0.366. The molecule has 3 aliphatic heterocycles. The number of hydrogen-bond acceptors (Lipinski definition) is 7. The van der Waals surface area contributed by atoms with E-state index in [2.05, 4.69) is 98.7 Å². The molecule has 0 saturated carbocycles. The van der Waals surface area contributed by atoms with Gasteiger partial charge in [0.05, 0.1) is 5.41 Å². The van der Waals surface area contributed by atoms with E-state index < -0.39 is 30.8 Å². The van der Waals surface area contributed by atoms with Crippen molar-refractivity contribution in [2.24, 2.45) is 0 Å². The summed E-state index contributed by atoms with van der Waals surface area (Å²) in [4.78, 5) is 64.7. The fourth-order valence-electron chi connectivity index (χ4n) is 7.84. The first kappa shape index (κ1) is 37.1. The van der Waals surface area contributed by atoms with Crippen LogP contribution in [0.2, 0.25) is 0 Å². The Bertz CT molecular complexity index is 2110. The van der Waals surface area contributed by atoms with Crippen molar-refractivity contribution in [1.29, 1.82) is 0 Å². The van der Waals surface area contributed by atoms with Gasteiger partial charge >= 0.3 is 5.97 Å². The molecule has 3 aromatic rings. The van der Waals surface area contributed by atoms with Crippen molar-refractivity contribution in [3.05, 3.63) is 102 Å². The SMILES string of the molecule is CCN1/C(=C/C=C/C=C/C2=[N+](CCCCCC(=O)ON3C(=O)CCC3=O)c3ccc4ccccc4c3C2(C)C)C(C)(C)c2cc(P(=O)([O-])O)ccc21. The van der Waals surface area contributed by atoms with Crippen LogP contribution in [0.1, 0.15) is 84.3 Å². The zero-order chi connectivity index (χ0) is 37.4. The molecule has 272 valence electrons. The second-order valence-electron chi connectivity index (χ2n) is 14.6. The summed E-state index contributed by atoms with van der Waals surface area (Å²) in [5.74, 6) is -1.52. The Hall–Kier alpha value is -4.63. The second kappa shape index (κ2) is 14.4. The second-order valence-corrected chi connectivity index (χ2v) is 16.1. The molecule has 1 unspecified atom stereocenters. The predicted molar refractivity (Wildman–Crippen MR) is 201 cm³/mol. The number of likely N-dealkylation sites (N-methyl/N-ethyl adjacent to an activating group) is 1. The number of amides is 2. The van der Waals surface area contributed by atoms with Gasteiger partial charge in [-0.25, -0.2) is 4.79 Å². The van der Waals surface area contributed by atoms with Crippen LogP contribution in [0.3, 0.4) is 0 Å². The molecule has 0 bridgehead atoms. The number of imide groups is 1. The summed E-state index contributed by atoms with van der Waals surface area (Å²) in [5.41, 5.74) is 5.62. The third kappa shape index (κ3) is 6.95. The van der Waals surface area contributed by atoms with Crippen molar-refractivity contribution >= 4 is 58.5 Å². The number of nitrogens with zero attached hydrogens (tertiary/aromatic N) is 3. The average Bonchev–Trinajstić information content (AvgIpc) is 3.62. The molecule has 3 heterocycles. The molecule has 0 aromatic heterocycles. The first-order valence-electron chi connectivity index (χ1n) is 17.9. The van der Waals surface area contributed by atoms with Gasteiger partial charge in [-0.1, -0.05) is 56.3 Å². The van der Waals surface area contributed by atoms with Gasteiger partial charge in [0.15, 0.2) is 13.3 Å². The van der Waals surface area contributed by atoms with Gasteiger partial charge in [-0.3, -0.25) is 9.59 Å². The van der Waals surface area contributed by atoms with Gasteiger partial charge < -0.3 is 24.1 Å². The van der Waals surface area contributed by atoms with E-state index in [4.69, 9.17) is 4.84 Å². The lowest BCUT2D eigenvalue weighted by atomic mass is 9.79. The Labute approximate surface area is 304 Å². The lowest BCUT2D eigenvalue weighted by Crippen LogP contribution is -2.31. The highest BCUT2D eigenvalue weighted by Crippen LogP contribution is 2.48. The topological polar surface area (TPSA) is 130 Å². The molecule has 0 spiro atoms. The minimum Gasteiger partial charge on any atom is -0.775 e. The van der Waals surface area contributed by atoms with E-state index in [1.807, 2.05) is 12.2 Å². The number of carbonyl (C=O) groups excluding carboxylic acids is 3. The van der Waals surface area contributed by atoms with Crippen molar-refractivity contribution in [2.45, 2.75) is 84.0 Å². The highest BCUT2D eigenvalue weighted by atomic mass is 31.2. The minimum absolute atomic E-state index is 0.0726. The summed E-state index contributed by atoms with van der Waals surface area (Å²) in [5, 5.41) is 2.92. The number of rotatable bonds is 12. The fourth-order valence-corrected chi connectivity index (χ4v) is 8.39. The average molecular weight is 724 g/mol. The van der Waals surface area contributed by atoms with Crippen LogP contribution in [-0.4, -0.2) is 51.1 Å². The maximum atomic E-state index is 12.3. The molecular weight excluding hydrogens is 677 g/mol. The minimum atomic E-state index is -4.63. The van der Waals surface area contributed by atoms with Gasteiger partial charge in [0.25, 0.3) is 11.8 Å². The Morgan fingerprint density at radius 2 is 1.69 bits per heavy atom. The lowest BCUT2D eigenvalue weighted by molar-refractivity contribution is -0.438. The summed E-state index contributed by atoms with van der Waals surface area (Å²) >= 11 is 0. The number of fused-ring (bicyclic) bond motifs is 4. The van der Waals surface area contributed by atoms with Crippen LogP contribution in [0.25, 0.3) is 10.8 Å². The van der Waals surface area contributed by atoms with Crippen molar-refractivity contribution in [2.75, 3.05) is 18.0 Å². The lowest BCUT2D eigenvalue weighted by Gasteiger charge is -2.25. The van der Waals surface area contributed by atoms with Crippen molar-refractivity contribution < 1.29 is 38.1 Å². The van der Waals surface area contributed by atoms with Gasteiger partial charge in [-0.15, -0.1) is 5.06 Å². The van der Waals surface area contributed by atoms with Crippen molar-refractivity contribution in [3.8, 4) is 0 Å². The van der Waals surface area contributed by atoms with Crippen LogP contribution in [0.15, 0.2) is 90.7 Å². The van der Waals surface area contributed by atoms with E-state index in [0.717, 1.165) is 47.7 Å². The molecule has 3 aliphatic rings. The number of anilines is 1. The molecule has 3 aromatic carbocycles. The molecule has 1 atom stereocenters. The van der Waals surface area contributed by atoms with E-state index >= 15 is 0 Å². The van der Waals surface area contributed by atoms with Crippen molar-refractivity contribution in [1.82, 2.24) is 5.06 Å². The number of allylic oxidation sites excluding steroid dienone is 6. The molecule has 2 amide bonds. The predicted octanol–water partition coefficient (Wildman–Crippen LogP) is 6.37. The van der Waals surface area contributed by atoms with Crippen molar-refractivity contribution in [3.63, 3.8) is 0 Å². The zero-order valence-electron chi connectivity index (χ0n) is 30.4. The monoisotopic (exact) mass is 723 g/mol. The molecule has 0 radical (unpaired) electrons. The molecule has 0 aliphatic carbocycles. The quantitative estimate of drug-likeness (QED) is 0.0751. The number of hydroxylamine groups is 2. The third-order valence-electron chi connectivity index (χ3n) is 10.5. The number of hydrogen-bond donors (Lipinski definition) is 1. The summed E-state index contributed by atoms with van der Waals surface area (Å²) in [6.45, 7) is 12.1. The Balaban J connectivity index is 1.21. The molecule has 1 N–H and O–H groups in total. The van der Waals surface area contributed by atoms with E-state index in [9.17, 15) is 28.7 Å². The van der Waals surface area contributed by atoms with Crippen LogP contribution in [0, 0.1) is 0 Å². The first-order valence-corrected chi connectivity index (χ1v) is 19.5. The summed E-state index contributed by atoms with van der Waals surface area (Å²) in [6, 6.07) is 17.6. The van der Waals surface area contributed by atoms with Crippen LogP contribution >= 0.6 is 7.60 Å². The van der Waals surface area contributed by atoms with Crippen LogP contribution in [-0.2, 0) is 34.6 Å². The number of unbranched alkanes of at least 4 members (excludes halogenated alkanes) is 2. The van der Waals surface area contributed by atoms with Gasteiger partial charge in [-0.2, -0.15) is 4.58 Å². The maximum Gasteiger partial charge on any atom is 0.333 e. The van der Waals surface area contributed by atoms with Crippen LogP contribution in [0.4, 0.5) is 11.4 Å². The summed E-state index contributed by atoms with van der Waals surface area (Å²) in [6.07, 6.45) is 12.7. The Kier molecular flexibility index (Phi) is 10.3. The Morgan fingerprint density at radius 3 is 2.40 bits per heavy atom. The summed E-state index contributed by atoms with van der Waals surface area (Å²) < 4.78 is 14.3. The highest BCUT2D eigenvalue weighted by Gasteiger charge is 2.45. The molecule has 10 nitrogen and oxygen atoms in total. The van der Waals surface area contributed by atoms with Gasteiger partial charge in [0.1, 0.15) is 6.54 Å². The zero-order valence-corrected chi connectivity index (χ0v) is 31.3. The van der Waals surface area contributed by atoms with Gasteiger partial charge in [-0.05, 0) is 80.3 Å². The van der Waals surface area contributed by atoms with E-state index in [-0.39, 0.29) is 30.0 Å². The molecule has 52 heavy (non-hydrogen) atoms. The first-order chi connectivity index (χ1) is 24.7. The molecular formula is C41H46N3O7P. The van der Waals surface area contributed by atoms with Crippen LogP contribution in [0.5, 0.6) is 0 Å². The smallest absolute Gasteiger partial charge is 0.333 e. The maximum absolute atomic E-state index is 12.3. The number of benzene rings is 3. The van der Waals surface area contributed by atoms with E-state index in [1.54, 1.807) is 12.1 Å². The molecule has 1 fully saturated rings. The van der Waals surface area contributed by atoms with Gasteiger partial charge in [0.2, 0.25) is 5.69 Å². The summed E-state index contributed by atoms with van der Waals surface area (Å²) in [7, 11) is -4.63. The highest BCUT2D eigenvalue weighted by molar-refractivity contribution is 7.58. The third-order valence-corrected chi connectivity index (χ3v) is 11.4. The van der Waals surface area contributed by atoms with Crippen LogP contribution < -0.4 is 15.1 Å². The van der Waals surface area contributed by atoms with E-state index in [1.165, 1.54) is 22.4 Å². The van der Waals surface area contributed by atoms with Gasteiger partial charge in [0, 0.05) is 72.0 Å². The Morgan fingerprint density at radius 1 is 0.962 bits per heavy atom. The van der Waals surface area contributed by atoms with E-state index in [0.29, 0.717) is 18.0 Å². The standard InChI is InChI=1S/C41H46N3O7P/c1-6-42-32-23-21-29(52(48,49)50)27-31(32)40(2,3)34(42)17-9-7-10-18-35-41(4,5)39-30-16-13-12-15-28(30)20-22-33(39)43(35)26-14-8-11-19-38(47)51-44-36(45)24-25-37(44)46/h7,9-10,12-13,15-18,20-23,27H,6,8,11,14,19,24-26H2,1-5H3,(H-,48,49,50). The molecule has 1 saturated heterocycles. The largest absolute Gasteiger partial charge is 0.775 e.